The van der Waals surface area contributed by atoms with Crippen LogP contribution in [-0.4, -0.2) is 28.1 Å². The van der Waals surface area contributed by atoms with Crippen molar-refractivity contribution in [1.29, 1.82) is 0 Å². The fourth-order valence-electron chi connectivity index (χ4n) is 1.99. The number of nitrogens with zero attached hydrogens (tertiary/aromatic N) is 3. The van der Waals surface area contributed by atoms with E-state index in [1.54, 1.807) is 17.8 Å². The van der Waals surface area contributed by atoms with E-state index in [2.05, 4.69) is 51.9 Å². The Hall–Kier alpha value is -2.10. The van der Waals surface area contributed by atoms with Gasteiger partial charge in [-0.25, -0.2) is 5.43 Å². The molecule has 0 saturated carbocycles. The molecule has 0 bridgehead atoms. The molecule has 0 saturated heterocycles. The van der Waals surface area contributed by atoms with Crippen LogP contribution in [0.5, 0.6) is 0 Å². The molecule has 2 aromatic heterocycles. The molecule has 0 aliphatic rings. The molecule has 1 aromatic carbocycles. The standard InChI is InChI=1S/C18H18N4O2S3/c1-12-3-6-14(7-4-12)10-25-17-21-22-18(27-17)26-11-16(23)20-19-9-15-8-5-13(2)24-15/h3-9H,10-11H2,1-2H3,(H,20,23). The Labute approximate surface area is 169 Å². The minimum absolute atomic E-state index is 0.205. The Balaban J connectivity index is 1.40. The summed E-state index contributed by atoms with van der Waals surface area (Å²) >= 11 is 4.48. The van der Waals surface area contributed by atoms with Crippen LogP contribution in [-0.2, 0) is 10.5 Å². The van der Waals surface area contributed by atoms with Crippen LogP contribution >= 0.6 is 34.9 Å². The summed E-state index contributed by atoms with van der Waals surface area (Å²) in [6.45, 7) is 3.92. The zero-order valence-corrected chi connectivity index (χ0v) is 17.3. The van der Waals surface area contributed by atoms with Crippen LogP contribution < -0.4 is 5.43 Å². The monoisotopic (exact) mass is 418 g/mol. The third-order valence-corrected chi connectivity index (χ3v) is 6.60. The second kappa shape index (κ2) is 9.72. The van der Waals surface area contributed by atoms with Crippen LogP contribution in [0.25, 0.3) is 0 Å². The highest BCUT2D eigenvalue weighted by Crippen LogP contribution is 2.30. The lowest BCUT2D eigenvalue weighted by Gasteiger charge is -1.99. The van der Waals surface area contributed by atoms with Gasteiger partial charge < -0.3 is 4.42 Å². The molecular weight excluding hydrogens is 400 g/mol. The normalized spacial score (nSPS) is 11.2. The van der Waals surface area contributed by atoms with E-state index >= 15 is 0 Å². The second-order valence-electron chi connectivity index (χ2n) is 5.64. The summed E-state index contributed by atoms with van der Waals surface area (Å²) in [6, 6.07) is 12.1. The number of carbonyl (C=O) groups excluding carboxylic acids is 1. The van der Waals surface area contributed by atoms with E-state index in [9.17, 15) is 4.79 Å². The number of carbonyl (C=O) groups is 1. The molecule has 0 spiro atoms. The third kappa shape index (κ3) is 6.53. The largest absolute Gasteiger partial charge is 0.460 e. The Bertz CT molecular complexity index is 919. The lowest BCUT2D eigenvalue weighted by atomic mass is 10.2. The summed E-state index contributed by atoms with van der Waals surface area (Å²) < 4.78 is 6.99. The van der Waals surface area contributed by atoms with Crippen molar-refractivity contribution in [3.05, 3.63) is 59.0 Å². The number of hydrogen-bond donors (Lipinski definition) is 1. The van der Waals surface area contributed by atoms with E-state index in [1.165, 1.54) is 40.4 Å². The molecule has 0 fully saturated rings. The maximum Gasteiger partial charge on any atom is 0.250 e. The fourth-order valence-corrected chi connectivity index (χ4v) is 4.76. The molecule has 9 heteroatoms. The predicted molar refractivity (Wildman–Crippen MR) is 111 cm³/mol. The Kier molecular flexibility index (Phi) is 7.08. The van der Waals surface area contributed by atoms with Crippen LogP contribution in [0.1, 0.15) is 22.6 Å². The number of hydrogen-bond acceptors (Lipinski definition) is 8. The first-order valence-corrected chi connectivity index (χ1v) is 10.9. The van der Waals surface area contributed by atoms with Gasteiger partial charge in [0.1, 0.15) is 11.5 Å². The molecule has 27 heavy (non-hydrogen) atoms. The van der Waals surface area contributed by atoms with Gasteiger partial charge in [0.2, 0.25) is 0 Å². The molecule has 6 nitrogen and oxygen atoms in total. The summed E-state index contributed by atoms with van der Waals surface area (Å²) in [5.41, 5.74) is 4.97. The van der Waals surface area contributed by atoms with Crippen LogP contribution in [0.3, 0.4) is 0 Å². The summed E-state index contributed by atoms with van der Waals surface area (Å²) in [6.07, 6.45) is 1.47. The highest BCUT2D eigenvalue weighted by Gasteiger charge is 2.08. The molecule has 140 valence electrons. The average Bonchev–Trinajstić information content (AvgIpc) is 3.28. The minimum atomic E-state index is -0.205. The number of thioether (sulfide) groups is 2. The zero-order chi connectivity index (χ0) is 19.1. The van der Waals surface area contributed by atoms with Crippen LogP contribution in [0, 0.1) is 13.8 Å². The molecule has 0 radical (unpaired) electrons. The smallest absolute Gasteiger partial charge is 0.250 e. The molecule has 1 N–H and O–H groups in total. The van der Waals surface area contributed by atoms with Gasteiger partial charge >= 0.3 is 0 Å². The Morgan fingerprint density at radius 2 is 1.89 bits per heavy atom. The number of aromatic nitrogens is 2. The molecule has 0 aliphatic carbocycles. The maximum absolute atomic E-state index is 11.8. The van der Waals surface area contributed by atoms with Crippen LogP contribution in [0.2, 0.25) is 0 Å². The molecular formula is C18H18N4O2S3. The third-order valence-electron chi connectivity index (χ3n) is 3.34. The van der Waals surface area contributed by atoms with Gasteiger partial charge in [-0.3, -0.25) is 4.79 Å². The number of hydrazone groups is 1. The summed E-state index contributed by atoms with van der Waals surface area (Å²) in [5, 5.41) is 12.2. The number of nitrogens with one attached hydrogen (secondary N) is 1. The van der Waals surface area contributed by atoms with Gasteiger partial charge in [0.05, 0.1) is 12.0 Å². The van der Waals surface area contributed by atoms with Gasteiger partial charge in [-0.1, -0.05) is 64.7 Å². The highest BCUT2D eigenvalue weighted by molar-refractivity contribution is 8.03. The van der Waals surface area contributed by atoms with Gasteiger partial charge in [0.25, 0.3) is 5.91 Å². The number of furan rings is 1. The second-order valence-corrected chi connectivity index (χ2v) is 9.06. The topological polar surface area (TPSA) is 80.4 Å². The van der Waals surface area contributed by atoms with E-state index in [4.69, 9.17) is 4.42 Å². The van der Waals surface area contributed by atoms with E-state index < -0.39 is 0 Å². The van der Waals surface area contributed by atoms with Crippen LogP contribution in [0.4, 0.5) is 0 Å². The van der Waals surface area contributed by atoms with E-state index in [0.29, 0.717) is 5.76 Å². The van der Waals surface area contributed by atoms with Gasteiger partial charge in [-0.2, -0.15) is 5.10 Å². The van der Waals surface area contributed by atoms with E-state index in [1.807, 2.05) is 13.0 Å². The molecule has 2 heterocycles. The van der Waals surface area contributed by atoms with Crippen molar-refractivity contribution in [1.82, 2.24) is 15.6 Å². The predicted octanol–water partition coefficient (Wildman–Crippen LogP) is 4.28. The van der Waals surface area contributed by atoms with E-state index in [-0.39, 0.29) is 11.7 Å². The number of amides is 1. The van der Waals surface area contributed by atoms with E-state index in [0.717, 1.165) is 20.2 Å². The first kappa shape index (κ1) is 19.7. The zero-order valence-electron chi connectivity index (χ0n) is 14.8. The molecule has 1 amide bonds. The first-order chi connectivity index (χ1) is 13.1. The van der Waals surface area contributed by atoms with Crippen molar-refractivity contribution in [3.63, 3.8) is 0 Å². The summed E-state index contributed by atoms with van der Waals surface area (Å²) in [4.78, 5) is 11.8. The summed E-state index contributed by atoms with van der Waals surface area (Å²) in [5.74, 6) is 2.27. The first-order valence-electron chi connectivity index (χ1n) is 8.11. The van der Waals surface area contributed by atoms with Gasteiger partial charge in [0.15, 0.2) is 8.68 Å². The van der Waals surface area contributed by atoms with Gasteiger partial charge in [-0.15, -0.1) is 10.2 Å². The number of aryl methyl sites for hydroxylation is 2. The Morgan fingerprint density at radius 3 is 2.59 bits per heavy atom. The molecule has 3 aromatic rings. The lowest BCUT2D eigenvalue weighted by Crippen LogP contribution is -2.19. The van der Waals surface area contributed by atoms with Gasteiger partial charge in [-0.05, 0) is 31.5 Å². The van der Waals surface area contributed by atoms with Gasteiger partial charge in [0, 0.05) is 5.75 Å². The van der Waals surface area contributed by atoms with Crippen molar-refractivity contribution in [3.8, 4) is 0 Å². The van der Waals surface area contributed by atoms with Crippen LogP contribution in [0.15, 0.2) is 54.6 Å². The molecule has 0 atom stereocenters. The summed E-state index contributed by atoms with van der Waals surface area (Å²) in [7, 11) is 0. The number of rotatable bonds is 8. The SMILES string of the molecule is Cc1ccc(CSc2nnc(SCC(=O)NN=Cc3ccc(C)o3)s2)cc1. The minimum Gasteiger partial charge on any atom is -0.460 e. The molecule has 0 unspecified atom stereocenters. The van der Waals surface area contributed by atoms with Crippen molar-refractivity contribution in [2.75, 3.05) is 5.75 Å². The quantitative estimate of drug-likeness (QED) is 0.334. The lowest BCUT2D eigenvalue weighted by molar-refractivity contribution is -0.118. The molecule has 3 rings (SSSR count). The Morgan fingerprint density at radius 1 is 1.15 bits per heavy atom. The van der Waals surface area contributed by atoms with Crippen molar-refractivity contribution in [2.24, 2.45) is 5.10 Å². The van der Waals surface area contributed by atoms with Crippen molar-refractivity contribution < 1.29 is 9.21 Å². The highest BCUT2D eigenvalue weighted by atomic mass is 32.2. The number of benzene rings is 1. The maximum atomic E-state index is 11.8. The fraction of sp³-hybridized carbons (Fsp3) is 0.222. The van der Waals surface area contributed by atoms with Crippen molar-refractivity contribution in [2.45, 2.75) is 28.3 Å². The molecule has 0 aliphatic heterocycles. The van der Waals surface area contributed by atoms with Crippen molar-refractivity contribution >= 4 is 47.0 Å². The average molecular weight is 419 g/mol.